The number of hydrogen-bond donors (Lipinski definition) is 2. The SMILES string of the molecule is CCN(CC)C(=O)c1ccc(CNC(=O)C2CCCCN2)cc1.Cl. The van der Waals surface area contributed by atoms with Crippen molar-refractivity contribution in [2.45, 2.75) is 45.7 Å². The molecule has 1 saturated heterocycles. The third-order valence-electron chi connectivity index (χ3n) is 4.35. The van der Waals surface area contributed by atoms with Crippen molar-refractivity contribution in [3.63, 3.8) is 0 Å². The minimum atomic E-state index is -0.0627. The lowest BCUT2D eigenvalue weighted by Crippen LogP contribution is -2.46. The molecular formula is C18H28ClN3O2. The van der Waals surface area contributed by atoms with E-state index in [1.165, 1.54) is 0 Å². The van der Waals surface area contributed by atoms with Crippen LogP contribution in [0.25, 0.3) is 0 Å². The van der Waals surface area contributed by atoms with E-state index in [1.807, 2.05) is 38.1 Å². The quantitative estimate of drug-likeness (QED) is 0.825. The number of benzene rings is 1. The molecule has 1 fully saturated rings. The van der Waals surface area contributed by atoms with Crippen molar-refractivity contribution in [1.29, 1.82) is 0 Å². The summed E-state index contributed by atoms with van der Waals surface area (Å²) in [6, 6.07) is 7.42. The van der Waals surface area contributed by atoms with Crippen LogP contribution in [0.3, 0.4) is 0 Å². The zero-order valence-corrected chi connectivity index (χ0v) is 15.3. The number of halogens is 1. The van der Waals surface area contributed by atoms with Gasteiger partial charge in [0, 0.05) is 25.2 Å². The number of carbonyl (C=O) groups is 2. The molecule has 24 heavy (non-hydrogen) atoms. The maximum atomic E-state index is 12.2. The van der Waals surface area contributed by atoms with E-state index in [4.69, 9.17) is 0 Å². The van der Waals surface area contributed by atoms with E-state index in [9.17, 15) is 9.59 Å². The number of nitrogens with one attached hydrogen (secondary N) is 2. The summed E-state index contributed by atoms with van der Waals surface area (Å²) in [5.41, 5.74) is 1.70. The minimum Gasteiger partial charge on any atom is -0.351 e. The van der Waals surface area contributed by atoms with Gasteiger partial charge in [0.15, 0.2) is 0 Å². The van der Waals surface area contributed by atoms with Crippen molar-refractivity contribution in [3.05, 3.63) is 35.4 Å². The Morgan fingerprint density at radius 3 is 2.38 bits per heavy atom. The average Bonchev–Trinajstić information content (AvgIpc) is 2.61. The summed E-state index contributed by atoms with van der Waals surface area (Å²) >= 11 is 0. The number of piperidine rings is 1. The van der Waals surface area contributed by atoms with E-state index < -0.39 is 0 Å². The van der Waals surface area contributed by atoms with Crippen LogP contribution in [0.5, 0.6) is 0 Å². The molecule has 2 amide bonds. The van der Waals surface area contributed by atoms with Crippen LogP contribution in [0.4, 0.5) is 0 Å². The summed E-state index contributed by atoms with van der Waals surface area (Å²) in [5, 5.41) is 6.21. The van der Waals surface area contributed by atoms with Crippen LogP contribution in [0, 0.1) is 0 Å². The van der Waals surface area contributed by atoms with Crippen LogP contribution in [-0.4, -0.2) is 42.4 Å². The highest BCUT2D eigenvalue weighted by Crippen LogP contribution is 2.09. The topological polar surface area (TPSA) is 61.4 Å². The van der Waals surface area contributed by atoms with E-state index in [1.54, 1.807) is 4.90 Å². The molecule has 134 valence electrons. The van der Waals surface area contributed by atoms with Gasteiger partial charge in [0.1, 0.15) is 0 Å². The molecule has 0 radical (unpaired) electrons. The van der Waals surface area contributed by atoms with Crippen molar-refractivity contribution < 1.29 is 9.59 Å². The normalized spacial score (nSPS) is 16.8. The zero-order chi connectivity index (χ0) is 16.7. The summed E-state index contributed by atoms with van der Waals surface area (Å²) in [6.07, 6.45) is 3.15. The van der Waals surface area contributed by atoms with Gasteiger partial charge in [-0.2, -0.15) is 0 Å². The number of rotatable bonds is 6. The molecule has 0 saturated carbocycles. The first-order chi connectivity index (χ1) is 11.2. The summed E-state index contributed by atoms with van der Waals surface area (Å²) in [5.74, 6) is 0.116. The maximum Gasteiger partial charge on any atom is 0.253 e. The minimum absolute atomic E-state index is 0. The molecule has 1 heterocycles. The van der Waals surface area contributed by atoms with Crippen LogP contribution in [0.15, 0.2) is 24.3 Å². The van der Waals surface area contributed by atoms with Gasteiger partial charge in [-0.1, -0.05) is 18.6 Å². The number of nitrogens with zero attached hydrogens (tertiary/aromatic N) is 1. The Morgan fingerprint density at radius 1 is 1.17 bits per heavy atom. The largest absolute Gasteiger partial charge is 0.351 e. The molecule has 0 spiro atoms. The Balaban J connectivity index is 0.00000288. The lowest BCUT2D eigenvalue weighted by molar-refractivity contribution is -0.123. The van der Waals surface area contributed by atoms with Crippen molar-refractivity contribution in [2.75, 3.05) is 19.6 Å². The monoisotopic (exact) mass is 353 g/mol. The fourth-order valence-corrected chi connectivity index (χ4v) is 2.85. The third-order valence-corrected chi connectivity index (χ3v) is 4.35. The van der Waals surface area contributed by atoms with E-state index in [0.717, 1.165) is 31.4 Å². The van der Waals surface area contributed by atoms with E-state index in [-0.39, 0.29) is 30.3 Å². The van der Waals surface area contributed by atoms with Gasteiger partial charge in [-0.15, -0.1) is 12.4 Å². The molecule has 0 aliphatic carbocycles. The Hall–Kier alpha value is -1.59. The lowest BCUT2D eigenvalue weighted by atomic mass is 10.0. The Bertz CT molecular complexity index is 524. The molecule has 2 N–H and O–H groups in total. The first kappa shape index (κ1) is 20.5. The Morgan fingerprint density at radius 2 is 1.83 bits per heavy atom. The van der Waals surface area contributed by atoms with Gasteiger partial charge in [0.25, 0.3) is 5.91 Å². The van der Waals surface area contributed by atoms with Gasteiger partial charge < -0.3 is 15.5 Å². The molecule has 6 heteroatoms. The van der Waals surface area contributed by atoms with Gasteiger partial charge >= 0.3 is 0 Å². The number of hydrogen-bond acceptors (Lipinski definition) is 3. The summed E-state index contributed by atoms with van der Waals surface area (Å²) in [7, 11) is 0. The second-order valence-corrected chi connectivity index (χ2v) is 5.89. The molecule has 0 bridgehead atoms. The van der Waals surface area contributed by atoms with Gasteiger partial charge in [-0.25, -0.2) is 0 Å². The van der Waals surface area contributed by atoms with Gasteiger partial charge in [-0.05, 0) is 50.9 Å². The van der Waals surface area contributed by atoms with Crippen LogP contribution < -0.4 is 10.6 Å². The molecule has 2 rings (SSSR count). The molecular weight excluding hydrogens is 326 g/mol. The van der Waals surface area contributed by atoms with Crippen molar-refractivity contribution in [1.82, 2.24) is 15.5 Å². The van der Waals surface area contributed by atoms with Gasteiger partial charge in [-0.3, -0.25) is 9.59 Å². The second-order valence-electron chi connectivity index (χ2n) is 5.89. The fourth-order valence-electron chi connectivity index (χ4n) is 2.85. The third kappa shape index (κ3) is 5.49. The molecule has 5 nitrogen and oxygen atoms in total. The number of amides is 2. The first-order valence-corrected chi connectivity index (χ1v) is 8.55. The standard InChI is InChI=1S/C18H27N3O2.ClH/c1-3-21(4-2)18(23)15-10-8-14(9-11-15)13-20-17(22)16-7-5-6-12-19-16;/h8-11,16,19H,3-7,12-13H2,1-2H3,(H,20,22);1H. The highest BCUT2D eigenvalue weighted by molar-refractivity contribution is 5.94. The van der Waals surface area contributed by atoms with Gasteiger partial charge in [0.2, 0.25) is 5.91 Å². The molecule has 1 aliphatic heterocycles. The molecule has 1 aromatic rings. The first-order valence-electron chi connectivity index (χ1n) is 8.55. The number of carbonyl (C=O) groups excluding carboxylic acids is 2. The molecule has 1 aliphatic rings. The van der Waals surface area contributed by atoms with Crippen molar-refractivity contribution >= 4 is 24.2 Å². The second kappa shape index (κ2) is 10.3. The van der Waals surface area contributed by atoms with Crippen molar-refractivity contribution in [2.24, 2.45) is 0 Å². The molecule has 1 unspecified atom stereocenters. The average molecular weight is 354 g/mol. The predicted molar refractivity (Wildman–Crippen MR) is 98.4 cm³/mol. The highest BCUT2D eigenvalue weighted by Gasteiger charge is 2.20. The van der Waals surface area contributed by atoms with E-state index >= 15 is 0 Å². The summed E-state index contributed by atoms with van der Waals surface area (Å²) in [6.45, 7) is 6.79. The van der Waals surface area contributed by atoms with Crippen LogP contribution >= 0.6 is 12.4 Å². The smallest absolute Gasteiger partial charge is 0.253 e. The zero-order valence-electron chi connectivity index (χ0n) is 14.5. The maximum absolute atomic E-state index is 12.2. The summed E-state index contributed by atoms with van der Waals surface area (Å²) < 4.78 is 0. The van der Waals surface area contributed by atoms with Crippen LogP contribution in [0.1, 0.15) is 49.0 Å². The lowest BCUT2D eigenvalue weighted by Gasteiger charge is -2.22. The molecule has 1 atom stereocenters. The Kier molecular flexibility index (Phi) is 8.79. The summed E-state index contributed by atoms with van der Waals surface area (Å²) in [4.78, 5) is 26.1. The fraction of sp³-hybridized carbons (Fsp3) is 0.556. The molecule has 0 aromatic heterocycles. The Labute approximate surface area is 150 Å². The van der Waals surface area contributed by atoms with E-state index in [2.05, 4.69) is 10.6 Å². The van der Waals surface area contributed by atoms with E-state index in [0.29, 0.717) is 25.2 Å². The van der Waals surface area contributed by atoms with Crippen LogP contribution in [-0.2, 0) is 11.3 Å². The predicted octanol–water partition coefficient (Wildman–Crippen LogP) is 2.35. The van der Waals surface area contributed by atoms with Crippen molar-refractivity contribution in [3.8, 4) is 0 Å². The highest BCUT2D eigenvalue weighted by atomic mass is 35.5. The molecule has 1 aromatic carbocycles. The van der Waals surface area contributed by atoms with Gasteiger partial charge in [0.05, 0.1) is 6.04 Å². The van der Waals surface area contributed by atoms with Crippen LogP contribution in [0.2, 0.25) is 0 Å².